The van der Waals surface area contributed by atoms with Crippen molar-refractivity contribution in [2.24, 2.45) is 5.92 Å². The molecule has 0 aliphatic carbocycles. The lowest BCUT2D eigenvalue weighted by molar-refractivity contribution is -0.138. The summed E-state index contributed by atoms with van der Waals surface area (Å²) in [5, 5.41) is 8.87. The first kappa shape index (κ1) is 15.7. The van der Waals surface area contributed by atoms with E-state index in [0.717, 1.165) is 0 Å². The number of carbonyl (C=O) groups excluding carboxylic acids is 1. The Morgan fingerprint density at radius 3 is 2.24 bits per heavy atom. The SMILES string of the molecule is CCOC(=O)N(CC)C(CC(=O)O)CC(C)C. The molecule has 5 heteroatoms. The Balaban J connectivity index is 4.70. The topological polar surface area (TPSA) is 66.8 Å². The molecule has 0 saturated carbocycles. The highest BCUT2D eigenvalue weighted by Gasteiger charge is 2.26. The van der Waals surface area contributed by atoms with Crippen molar-refractivity contribution in [2.75, 3.05) is 13.2 Å². The van der Waals surface area contributed by atoms with E-state index in [2.05, 4.69) is 0 Å². The van der Waals surface area contributed by atoms with Gasteiger partial charge >= 0.3 is 12.1 Å². The third kappa shape index (κ3) is 6.14. The predicted molar refractivity (Wildman–Crippen MR) is 64.9 cm³/mol. The van der Waals surface area contributed by atoms with E-state index in [0.29, 0.717) is 25.5 Å². The van der Waals surface area contributed by atoms with Crippen LogP contribution in [0.1, 0.15) is 40.5 Å². The van der Waals surface area contributed by atoms with Gasteiger partial charge in [0.05, 0.1) is 13.0 Å². The molecule has 0 aliphatic heterocycles. The van der Waals surface area contributed by atoms with E-state index in [4.69, 9.17) is 9.84 Å². The third-order valence-corrected chi connectivity index (χ3v) is 2.44. The molecule has 1 N–H and O–H groups in total. The molecule has 0 fully saturated rings. The largest absolute Gasteiger partial charge is 0.481 e. The average Bonchev–Trinajstić information content (AvgIpc) is 2.16. The molecule has 1 unspecified atom stereocenters. The van der Waals surface area contributed by atoms with Gasteiger partial charge in [-0.2, -0.15) is 0 Å². The van der Waals surface area contributed by atoms with Gasteiger partial charge in [-0.25, -0.2) is 4.79 Å². The van der Waals surface area contributed by atoms with Gasteiger partial charge in [0.1, 0.15) is 0 Å². The Hall–Kier alpha value is -1.26. The number of carboxylic acid groups (broad SMARTS) is 1. The summed E-state index contributed by atoms with van der Waals surface area (Å²) in [7, 11) is 0. The second-order valence-electron chi connectivity index (χ2n) is 4.37. The first-order chi connectivity index (χ1) is 7.92. The van der Waals surface area contributed by atoms with Crippen LogP contribution in [0.2, 0.25) is 0 Å². The zero-order valence-corrected chi connectivity index (χ0v) is 11.1. The van der Waals surface area contributed by atoms with Crippen LogP contribution in [0, 0.1) is 5.92 Å². The molecule has 0 aromatic carbocycles. The number of hydrogen-bond donors (Lipinski definition) is 1. The standard InChI is InChI=1S/C12H23NO4/c1-5-13(12(16)17-6-2)10(7-9(3)4)8-11(14)15/h9-10H,5-8H2,1-4H3,(H,14,15). The fourth-order valence-electron chi connectivity index (χ4n) is 1.81. The van der Waals surface area contributed by atoms with Crippen LogP contribution >= 0.6 is 0 Å². The molecule has 17 heavy (non-hydrogen) atoms. The van der Waals surface area contributed by atoms with E-state index in [1.807, 2.05) is 20.8 Å². The van der Waals surface area contributed by atoms with E-state index < -0.39 is 12.1 Å². The van der Waals surface area contributed by atoms with Crippen LogP contribution in [0.15, 0.2) is 0 Å². The Morgan fingerprint density at radius 2 is 1.88 bits per heavy atom. The lowest BCUT2D eigenvalue weighted by Gasteiger charge is -2.30. The number of ether oxygens (including phenoxy) is 1. The molecule has 5 nitrogen and oxygen atoms in total. The summed E-state index contributed by atoms with van der Waals surface area (Å²) in [6.07, 6.45) is 0.200. The van der Waals surface area contributed by atoms with E-state index in [9.17, 15) is 9.59 Å². The maximum Gasteiger partial charge on any atom is 0.409 e. The lowest BCUT2D eigenvalue weighted by atomic mass is 10.00. The van der Waals surface area contributed by atoms with Gasteiger partial charge in [-0.1, -0.05) is 13.8 Å². The van der Waals surface area contributed by atoms with Gasteiger partial charge in [0.25, 0.3) is 0 Å². The number of carboxylic acids is 1. The molecule has 0 heterocycles. The molecule has 0 saturated heterocycles. The predicted octanol–water partition coefficient (Wildman–Crippen LogP) is 2.35. The Labute approximate surface area is 103 Å². The molecule has 1 amide bonds. The molecule has 0 radical (unpaired) electrons. The molecular weight excluding hydrogens is 222 g/mol. The maximum atomic E-state index is 11.7. The van der Waals surface area contributed by atoms with Crippen LogP contribution in [-0.2, 0) is 9.53 Å². The van der Waals surface area contributed by atoms with Crippen LogP contribution < -0.4 is 0 Å². The highest BCUT2D eigenvalue weighted by atomic mass is 16.6. The third-order valence-electron chi connectivity index (χ3n) is 2.44. The minimum absolute atomic E-state index is 0.0369. The second-order valence-corrected chi connectivity index (χ2v) is 4.37. The van der Waals surface area contributed by atoms with E-state index in [1.165, 1.54) is 4.90 Å². The van der Waals surface area contributed by atoms with Crippen LogP contribution in [0.5, 0.6) is 0 Å². The minimum Gasteiger partial charge on any atom is -0.481 e. The summed E-state index contributed by atoms with van der Waals surface area (Å²) in [4.78, 5) is 24.0. The summed E-state index contributed by atoms with van der Waals surface area (Å²) in [6, 6.07) is -0.295. The van der Waals surface area contributed by atoms with Crippen LogP contribution in [0.25, 0.3) is 0 Å². The highest BCUT2D eigenvalue weighted by Crippen LogP contribution is 2.16. The van der Waals surface area contributed by atoms with E-state index in [1.54, 1.807) is 6.92 Å². The molecule has 0 rings (SSSR count). The van der Waals surface area contributed by atoms with Gasteiger partial charge in [-0.3, -0.25) is 4.79 Å². The molecule has 0 aromatic heterocycles. The van der Waals surface area contributed by atoms with Gasteiger partial charge in [0.2, 0.25) is 0 Å². The van der Waals surface area contributed by atoms with Crippen LogP contribution in [0.3, 0.4) is 0 Å². The van der Waals surface area contributed by atoms with Crippen LogP contribution in [0.4, 0.5) is 4.79 Å². The van der Waals surface area contributed by atoms with Crippen molar-refractivity contribution in [2.45, 2.75) is 46.6 Å². The summed E-state index contributed by atoms with van der Waals surface area (Å²) in [5.41, 5.74) is 0. The summed E-state index contributed by atoms with van der Waals surface area (Å²) >= 11 is 0. The minimum atomic E-state index is -0.890. The number of aliphatic carboxylic acids is 1. The Morgan fingerprint density at radius 1 is 1.29 bits per heavy atom. The number of amides is 1. The number of rotatable bonds is 7. The Bertz CT molecular complexity index is 253. The molecule has 1 atom stereocenters. The zero-order valence-electron chi connectivity index (χ0n) is 11.1. The van der Waals surface area contributed by atoms with Crippen molar-refractivity contribution >= 4 is 12.1 Å². The quantitative estimate of drug-likeness (QED) is 0.747. The van der Waals surface area contributed by atoms with Crippen molar-refractivity contribution in [3.63, 3.8) is 0 Å². The maximum absolute atomic E-state index is 11.7. The smallest absolute Gasteiger partial charge is 0.409 e. The van der Waals surface area contributed by atoms with Crippen LogP contribution in [-0.4, -0.2) is 41.3 Å². The Kier molecular flexibility index (Phi) is 7.34. The summed E-state index contributed by atoms with van der Waals surface area (Å²) < 4.78 is 4.93. The fraction of sp³-hybridized carbons (Fsp3) is 0.833. The number of hydrogen-bond acceptors (Lipinski definition) is 3. The van der Waals surface area contributed by atoms with Crippen molar-refractivity contribution in [3.8, 4) is 0 Å². The second kappa shape index (κ2) is 7.92. The van der Waals surface area contributed by atoms with E-state index >= 15 is 0 Å². The molecule has 0 bridgehead atoms. The fourth-order valence-corrected chi connectivity index (χ4v) is 1.81. The monoisotopic (exact) mass is 245 g/mol. The summed E-state index contributed by atoms with van der Waals surface area (Å²) in [5.74, 6) is -0.554. The van der Waals surface area contributed by atoms with Gasteiger partial charge in [0.15, 0.2) is 0 Å². The van der Waals surface area contributed by atoms with Gasteiger partial charge in [-0.05, 0) is 26.2 Å². The lowest BCUT2D eigenvalue weighted by Crippen LogP contribution is -2.42. The molecule has 100 valence electrons. The molecule has 0 aliphatic rings. The first-order valence-electron chi connectivity index (χ1n) is 6.07. The van der Waals surface area contributed by atoms with E-state index in [-0.39, 0.29) is 12.5 Å². The normalized spacial score (nSPS) is 12.3. The van der Waals surface area contributed by atoms with Crippen molar-refractivity contribution in [3.05, 3.63) is 0 Å². The van der Waals surface area contributed by atoms with Gasteiger partial charge < -0.3 is 14.7 Å². The summed E-state index contributed by atoms with van der Waals surface area (Å²) in [6.45, 7) is 8.34. The highest BCUT2D eigenvalue weighted by molar-refractivity contribution is 5.71. The zero-order chi connectivity index (χ0) is 13.4. The molecule has 0 spiro atoms. The number of nitrogens with zero attached hydrogens (tertiary/aromatic N) is 1. The van der Waals surface area contributed by atoms with Gasteiger partial charge in [-0.15, -0.1) is 0 Å². The first-order valence-corrected chi connectivity index (χ1v) is 6.07. The molecular formula is C12H23NO4. The van der Waals surface area contributed by atoms with Crippen molar-refractivity contribution in [1.29, 1.82) is 0 Å². The van der Waals surface area contributed by atoms with Gasteiger partial charge in [0, 0.05) is 12.6 Å². The van der Waals surface area contributed by atoms with Crippen molar-refractivity contribution in [1.82, 2.24) is 4.90 Å². The average molecular weight is 245 g/mol. The number of carbonyl (C=O) groups is 2. The van der Waals surface area contributed by atoms with Crippen molar-refractivity contribution < 1.29 is 19.4 Å². The molecule has 0 aromatic rings.